The van der Waals surface area contributed by atoms with Crippen molar-refractivity contribution in [2.75, 3.05) is 18.5 Å². The lowest BCUT2D eigenvalue weighted by Gasteiger charge is -2.29. The Hall–Kier alpha value is -1.92. The van der Waals surface area contributed by atoms with E-state index in [1.807, 2.05) is 6.92 Å². The molecule has 7 heteroatoms. The first-order valence-corrected chi connectivity index (χ1v) is 8.54. The number of benzene rings is 1. The fourth-order valence-electron chi connectivity index (χ4n) is 3.06. The number of anilines is 1. The first kappa shape index (κ1) is 19.4. The molecule has 0 bridgehead atoms. The Morgan fingerprint density at radius 3 is 2.72 bits per heavy atom. The summed E-state index contributed by atoms with van der Waals surface area (Å²) in [4.78, 5) is 14.5. The molecule has 0 unspecified atom stereocenters. The molecule has 4 nitrogen and oxygen atoms in total. The van der Waals surface area contributed by atoms with Crippen LogP contribution in [0.2, 0.25) is 0 Å². The second kappa shape index (κ2) is 7.97. The number of carbonyl (C=O) groups is 1. The van der Waals surface area contributed by atoms with Crippen molar-refractivity contribution in [2.24, 2.45) is 5.92 Å². The highest BCUT2D eigenvalue weighted by atomic mass is 19.4. The van der Waals surface area contributed by atoms with Crippen LogP contribution in [0, 0.1) is 12.8 Å². The van der Waals surface area contributed by atoms with Crippen molar-refractivity contribution in [2.45, 2.75) is 52.3 Å². The van der Waals surface area contributed by atoms with E-state index in [1.54, 1.807) is 24.0 Å². The molecule has 1 aromatic rings. The molecule has 1 heterocycles. The van der Waals surface area contributed by atoms with Crippen LogP contribution in [0.4, 0.5) is 23.7 Å². The predicted molar refractivity (Wildman–Crippen MR) is 90.9 cm³/mol. The zero-order valence-electron chi connectivity index (χ0n) is 14.8. The Morgan fingerprint density at radius 1 is 1.32 bits per heavy atom. The average Bonchev–Trinajstić information content (AvgIpc) is 2.68. The molecule has 1 aliphatic heterocycles. The van der Waals surface area contributed by atoms with Gasteiger partial charge in [-0.1, -0.05) is 19.4 Å². The molecular formula is C18H25F3N2O2. The zero-order valence-corrected chi connectivity index (χ0v) is 14.8. The van der Waals surface area contributed by atoms with Gasteiger partial charge in [0.25, 0.3) is 0 Å². The number of amides is 2. The predicted octanol–water partition coefficient (Wildman–Crippen LogP) is 4.98. The molecule has 0 spiro atoms. The Bertz CT molecular complexity index is 604. The summed E-state index contributed by atoms with van der Waals surface area (Å²) < 4.78 is 41.9. The van der Waals surface area contributed by atoms with Gasteiger partial charge in [0, 0.05) is 23.8 Å². The van der Waals surface area contributed by atoms with Crippen LogP contribution < -0.4 is 10.1 Å². The Kier molecular flexibility index (Phi) is 6.19. The molecule has 1 fully saturated rings. The summed E-state index contributed by atoms with van der Waals surface area (Å²) in [5.41, 5.74) is 0.949. The third-order valence-corrected chi connectivity index (χ3v) is 4.54. The smallest absolute Gasteiger partial charge is 0.422 e. The van der Waals surface area contributed by atoms with Crippen molar-refractivity contribution in [3.05, 3.63) is 23.8 Å². The van der Waals surface area contributed by atoms with Crippen LogP contribution in [0.1, 0.15) is 38.7 Å². The SMILES string of the molecule is Cc1c(NC(=O)N2C[C@H](C)CCC[C@H]2C)cccc1OCC(F)(F)F. The highest BCUT2D eigenvalue weighted by Gasteiger charge is 2.29. The second-order valence-corrected chi connectivity index (χ2v) is 6.80. The van der Waals surface area contributed by atoms with Crippen molar-refractivity contribution in [3.63, 3.8) is 0 Å². The minimum Gasteiger partial charge on any atom is -0.484 e. The Morgan fingerprint density at radius 2 is 2.04 bits per heavy atom. The summed E-state index contributed by atoms with van der Waals surface area (Å²) >= 11 is 0. The number of alkyl halides is 3. The molecule has 140 valence electrons. The van der Waals surface area contributed by atoms with E-state index in [0.29, 0.717) is 23.7 Å². The molecule has 1 saturated heterocycles. The molecule has 1 N–H and O–H groups in total. The number of rotatable bonds is 3. The number of hydrogen-bond donors (Lipinski definition) is 1. The number of nitrogens with one attached hydrogen (secondary N) is 1. The maximum absolute atomic E-state index is 12.7. The molecular weight excluding hydrogens is 333 g/mol. The number of carbonyl (C=O) groups excluding carboxylic acids is 1. The van der Waals surface area contributed by atoms with Gasteiger partial charge in [-0.05, 0) is 44.7 Å². The fourth-order valence-corrected chi connectivity index (χ4v) is 3.06. The highest BCUT2D eigenvalue weighted by molar-refractivity contribution is 5.90. The summed E-state index contributed by atoms with van der Waals surface area (Å²) in [5.74, 6) is 0.547. The maximum atomic E-state index is 12.7. The van der Waals surface area contributed by atoms with Crippen molar-refractivity contribution >= 4 is 11.7 Å². The normalized spacial score (nSPS) is 21.6. The summed E-state index contributed by atoms with van der Waals surface area (Å²) in [6.07, 6.45) is -1.27. The zero-order chi connectivity index (χ0) is 18.6. The van der Waals surface area contributed by atoms with Gasteiger partial charge in [0.15, 0.2) is 6.61 Å². The third-order valence-electron chi connectivity index (χ3n) is 4.54. The molecule has 1 aromatic carbocycles. The number of ether oxygens (including phenoxy) is 1. The molecule has 2 atom stereocenters. The largest absolute Gasteiger partial charge is 0.484 e. The van der Waals surface area contributed by atoms with Gasteiger partial charge in [-0.25, -0.2) is 4.79 Å². The summed E-state index contributed by atoms with van der Waals surface area (Å²) in [7, 11) is 0. The lowest BCUT2D eigenvalue weighted by atomic mass is 10.1. The summed E-state index contributed by atoms with van der Waals surface area (Å²) in [6, 6.07) is 4.61. The van der Waals surface area contributed by atoms with Crippen LogP contribution >= 0.6 is 0 Å². The van der Waals surface area contributed by atoms with Gasteiger partial charge in [0.2, 0.25) is 0 Å². The van der Waals surface area contributed by atoms with Gasteiger partial charge < -0.3 is 15.0 Å². The Balaban J connectivity index is 2.09. The standard InChI is InChI=1S/C18H25F3N2O2/c1-12-6-4-7-13(2)23(10-12)17(24)22-15-8-5-9-16(14(15)3)25-11-18(19,20)21/h5,8-9,12-13H,4,6-7,10-11H2,1-3H3,(H,22,24)/t12-,13-/m1/s1. The molecule has 2 rings (SSSR count). The summed E-state index contributed by atoms with van der Waals surface area (Å²) in [6.45, 7) is 5.10. The fraction of sp³-hybridized carbons (Fsp3) is 0.611. The van der Waals surface area contributed by atoms with Crippen LogP contribution in [0.3, 0.4) is 0 Å². The number of urea groups is 1. The van der Waals surface area contributed by atoms with Crippen molar-refractivity contribution < 1.29 is 22.7 Å². The molecule has 0 aliphatic carbocycles. The first-order valence-electron chi connectivity index (χ1n) is 8.54. The molecule has 25 heavy (non-hydrogen) atoms. The van der Waals surface area contributed by atoms with E-state index in [-0.39, 0.29) is 17.8 Å². The van der Waals surface area contributed by atoms with E-state index in [0.717, 1.165) is 19.3 Å². The van der Waals surface area contributed by atoms with Gasteiger partial charge in [0.1, 0.15) is 5.75 Å². The number of hydrogen-bond acceptors (Lipinski definition) is 2. The van der Waals surface area contributed by atoms with Crippen LogP contribution in [0.15, 0.2) is 18.2 Å². The van der Waals surface area contributed by atoms with Gasteiger partial charge in [-0.2, -0.15) is 13.2 Å². The van der Waals surface area contributed by atoms with E-state index in [1.165, 1.54) is 6.07 Å². The van der Waals surface area contributed by atoms with E-state index in [2.05, 4.69) is 12.2 Å². The lowest BCUT2D eigenvalue weighted by molar-refractivity contribution is -0.153. The van der Waals surface area contributed by atoms with Gasteiger partial charge in [-0.3, -0.25) is 0 Å². The topological polar surface area (TPSA) is 41.6 Å². The van der Waals surface area contributed by atoms with Crippen LogP contribution in [0.5, 0.6) is 5.75 Å². The average molecular weight is 358 g/mol. The molecule has 0 radical (unpaired) electrons. The van der Waals surface area contributed by atoms with E-state index < -0.39 is 12.8 Å². The second-order valence-electron chi connectivity index (χ2n) is 6.80. The van der Waals surface area contributed by atoms with Gasteiger partial charge in [-0.15, -0.1) is 0 Å². The van der Waals surface area contributed by atoms with E-state index in [4.69, 9.17) is 4.74 Å². The number of nitrogens with zero attached hydrogens (tertiary/aromatic N) is 1. The minimum atomic E-state index is -4.40. The number of halogens is 3. The van der Waals surface area contributed by atoms with Crippen molar-refractivity contribution in [1.29, 1.82) is 0 Å². The third kappa shape index (κ3) is 5.54. The van der Waals surface area contributed by atoms with Crippen LogP contribution in [-0.4, -0.2) is 36.3 Å². The van der Waals surface area contributed by atoms with Crippen LogP contribution in [0.25, 0.3) is 0 Å². The van der Waals surface area contributed by atoms with E-state index in [9.17, 15) is 18.0 Å². The lowest BCUT2D eigenvalue weighted by Crippen LogP contribution is -2.42. The maximum Gasteiger partial charge on any atom is 0.422 e. The van der Waals surface area contributed by atoms with Crippen molar-refractivity contribution in [3.8, 4) is 5.75 Å². The first-order chi connectivity index (χ1) is 11.7. The highest BCUT2D eigenvalue weighted by Crippen LogP contribution is 2.28. The minimum absolute atomic E-state index is 0.118. The van der Waals surface area contributed by atoms with Gasteiger partial charge >= 0.3 is 12.2 Å². The molecule has 0 aromatic heterocycles. The summed E-state index contributed by atoms with van der Waals surface area (Å²) in [5, 5.41) is 2.82. The Labute approximate surface area is 146 Å². The quantitative estimate of drug-likeness (QED) is 0.828. The molecule has 0 saturated carbocycles. The van der Waals surface area contributed by atoms with Crippen molar-refractivity contribution in [1.82, 2.24) is 4.90 Å². The molecule has 1 aliphatic rings. The van der Waals surface area contributed by atoms with E-state index >= 15 is 0 Å². The monoisotopic (exact) mass is 358 g/mol. The number of likely N-dealkylation sites (tertiary alicyclic amines) is 1. The molecule has 2 amide bonds. The van der Waals surface area contributed by atoms with Crippen LogP contribution in [-0.2, 0) is 0 Å². The van der Waals surface area contributed by atoms with Gasteiger partial charge in [0.05, 0.1) is 0 Å².